The molecule has 1 unspecified atom stereocenters. The summed E-state index contributed by atoms with van der Waals surface area (Å²) in [5.41, 5.74) is 6.77. The first-order chi connectivity index (χ1) is 9.95. The minimum Gasteiger partial charge on any atom is -0.397 e. The third-order valence-corrected chi connectivity index (χ3v) is 5.90. The SMILES string of the molecule is CSCCC(C)N(C)C(=O)c1sc2cc(Br)ccc2c1N. The summed E-state index contributed by atoms with van der Waals surface area (Å²) >= 11 is 6.71. The van der Waals surface area contributed by atoms with E-state index in [1.165, 1.54) is 11.3 Å². The Morgan fingerprint density at radius 1 is 1.52 bits per heavy atom. The number of benzene rings is 1. The number of hydrogen-bond donors (Lipinski definition) is 1. The molecule has 21 heavy (non-hydrogen) atoms. The maximum atomic E-state index is 12.7. The molecule has 3 nitrogen and oxygen atoms in total. The highest BCUT2D eigenvalue weighted by atomic mass is 79.9. The van der Waals surface area contributed by atoms with Crippen LogP contribution in [0, 0.1) is 0 Å². The molecule has 0 bridgehead atoms. The zero-order chi connectivity index (χ0) is 15.6. The van der Waals surface area contributed by atoms with Crippen molar-refractivity contribution >= 4 is 60.7 Å². The fraction of sp³-hybridized carbons (Fsp3) is 0.400. The van der Waals surface area contributed by atoms with E-state index in [1.54, 1.807) is 16.7 Å². The number of halogens is 1. The third-order valence-electron chi connectivity index (χ3n) is 3.61. The maximum absolute atomic E-state index is 12.7. The minimum atomic E-state index is 0.0124. The van der Waals surface area contributed by atoms with E-state index in [9.17, 15) is 4.79 Å². The second-order valence-electron chi connectivity index (χ2n) is 5.03. The summed E-state index contributed by atoms with van der Waals surface area (Å²) in [4.78, 5) is 15.1. The summed E-state index contributed by atoms with van der Waals surface area (Å²) in [6, 6.07) is 6.12. The van der Waals surface area contributed by atoms with E-state index in [2.05, 4.69) is 29.1 Å². The van der Waals surface area contributed by atoms with Crippen molar-refractivity contribution in [1.29, 1.82) is 0 Å². The van der Waals surface area contributed by atoms with Crippen LogP contribution < -0.4 is 5.73 Å². The van der Waals surface area contributed by atoms with Gasteiger partial charge in [-0.3, -0.25) is 4.79 Å². The summed E-state index contributed by atoms with van der Waals surface area (Å²) in [7, 11) is 1.85. The average Bonchev–Trinajstić information content (AvgIpc) is 2.79. The molecule has 0 fully saturated rings. The number of thioether (sulfide) groups is 1. The number of carbonyl (C=O) groups excluding carboxylic acids is 1. The molecule has 1 atom stereocenters. The highest BCUT2D eigenvalue weighted by Crippen LogP contribution is 2.36. The second kappa shape index (κ2) is 7.03. The van der Waals surface area contributed by atoms with Crippen molar-refractivity contribution in [2.75, 3.05) is 24.8 Å². The predicted octanol–water partition coefficient (Wildman–Crippen LogP) is 4.46. The van der Waals surface area contributed by atoms with Gasteiger partial charge in [0.05, 0.1) is 5.69 Å². The molecule has 2 N–H and O–H groups in total. The van der Waals surface area contributed by atoms with Crippen LogP contribution in [0.3, 0.4) is 0 Å². The van der Waals surface area contributed by atoms with Crippen LogP contribution >= 0.6 is 39.0 Å². The molecule has 0 spiro atoms. The molecule has 1 heterocycles. The molecule has 0 aliphatic carbocycles. The van der Waals surface area contributed by atoms with E-state index in [1.807, 2.05) is 25.2 Å². The largest absolute Gasteiger partial charge is 0.397 e. The zero-order valence-corrected chi connectivity index (χ0v) is 15.6. The van der Waals surface area contributed by atoms with E-state index in [0.717, 1.165) is 26.7 Å². The first kappa shape index (κ1) is 16.6. The fourth-order valence-electron chi connectivity index (χ4n) is 2.09. The van der Waals surface area contributed by atoms with Gasteiger partial charge in [-0.2, -0.15) is 11.8 Å². The van der Waals surface area contributed by atoms with Gasteiger partial charge in [0.25, 0.3) is 5.91 Å². The van der Waals surface area contributed by atoms with Gasteiger partial charge in [-0.25, -0.2) is 0 Å². The molecule has 2 rings (SSSR count). The number of carbonyl (C=O) groups is 1. The van der Waals surface area contributed by atoms with Gasteiger partial charge >= 0.3 is 0 Å². The monoisotopic (exact) mass is 386 g/mol. The number of anilines is 1. The Morgan fingerprint density at radius 3 is 2.90 bits per heavy atom. The van der Waals surface area contributed by atoms with Crippen LogP contribution in [-0.2, 0) is 0 Å². The molecule has 0 aliphatic heterocycles. The molecule has 2 aromatic rings. The van der Waals surface area contributed by atoms with E-state index < -0.39 is 0 Å². The summed E-state index contributed by atoms with van der Waals surface area (Å²) in [6.07, 6.45) is 3.07. The Kier molecular flexibility index (Phi) is 5.57. The summed E-state index contributed by atoms with van der Waals surface area (Å²) in [5.74, 6) is 1.06. The van der Waals surface area contributed by atoms with Crippen molar-refractivity contribution in [2.45, 2.75) is 19.4 Å². The Hall–Kier alpha value is -0.720. The standard InChI is InChI=1S/C15H19BrN2OS2/c1-9(6-7-20-3)18(2)15(19)14-13(17)11-5-4-10(16)8-12(11)21-14/h4-5,8-9H,6-7,17H2,1-3H3. The zero-order valence-electron chi connectivity index (χ0n) is 12.4. The maximum Gasteiger partial charge on any atom is 0.266 e. The first-order valence-electron chi connectivity index (χ1n) is 6.69. The van der Waals surface area contributed by atoms with Gasteiger partial charge in [-0.1, -0.05) is 22.0 Å². The highest BCUT2D eigenvalue weighted by molar-refractivity contribution is 9.10. The predicted molar refractivity (Wildman–Crippen MR) is 98.5 cm³/mol. The van der Waals surface area contributed by atoms with E-state index in [4.69, 9.17) is 5.73 Å². The Balaban J connectivity index is 2.28. The van der Waals surface area contributed by atoms with Crippen LogP contribution in [0.15, 0.2) is 22.7 Å². The Labute approximate surface area is 142 Å². The molecule has 6 heteroatoms. The number of nitrogens with two attached hydrogens (primary N) is 1. The smallest absolute Gasteiger partial charge is 0.266 e. The van der Waals surface area contributed by atoms with Crippen LogP contribution in [0.5, 0.6) is 0 Å². The lowest BCUT2D eigenvalue weighted by atomic mass is 10.2. The number of nitrogens with zero attached hydrogens (tertiary/aromatic N) is 1. The molecular formula is C15H19BrN2OS2. The van der Waals surface area contributed by atoms with Crippen molar-refractivity contribution < 1.29 is 4.79 Å². The molecular weight excluding hydrogens is 368 g/mol. The van der Waals surface area contributed by atoms with Crippen molar-refractivity contribution in [2.24, 2.45) is 0 Å². The van der Waals surface area contributed by atoms with Crippen LogP contribution in [0.1, 0.15) is 23.0 Å². The molecule has 0 aliphatic rings. The number of amides is 1. The summed E-state index contributed by atoms with van der Waals surface area (Å²) in [6.45, 7) is 2.08. The van der Waals surface area contributed by atoms with Gasteiger partial charge in [0.1, 0.15) is 4.88 Å². The van der Waals surface area contributed by atoms with Crippen LogP contribution in [0.25, 0.3) is 10.1 Å². The molecule has 0 radical (unpaired) electrons. The van der Waals surface area contributed by atoms with Gasteiger partial charge in [0.2, 0.25) is 0 Å². The van der Waals surface area contributed by atoms with E-state index in [-0.39, 0.29) is 11.9 Å². The molecule has 0 saturated heterocycles. The number of thiophene rings is 1. The number of nitrogen functional groups attached to an aromatic ring is 1. The highest BCUT2D eigenvalue weighted by Gasteiger charge is 2.22. The fourth-order valence-corrected chi connectivity index (χ4v) is 4.33. The average molecular weight is 387 g/mol. The first-order valence-corrected chi connectivity index (χ1v) is 9.69. The van der Waals surface area contributed by atoms with E-state index >= 15 is 0 Å². The normalized spacial score (nSPS) is 12.6. The van der Waals surface area contributed by atoms with E-state index in [0.29, 0.717) is 10.6 Å². The van der Waals surface area contributed by atoms with Gasteiger partial charge in [0, 0.05) is 27.6 Å². The van der Waals surface area contributed by atoms with Crippen molar-refractivity contribution in [3.8, 4) is 0 Å². The molecule has 114 valence electrons. The van der Waals surface area contributed by atoms with Crippen molar-refractivity contribution in [3.05, 3.63) is 27.5 Å². The molecule has 1 aromatic carbocycles. The molecule has 1 aromatic heterocycles. The summed E-state index contributed by atoms with van der Waals surface area (Å²) < 4.78 is 2.03. The number of hydrogen-bond acceptors (Lipinski definition) is 4. The van der Waals surface area contributed by atoms with Crippen LogP contribution in [0.2, 0.25) is 0 Å². The van der Waals surface area contributed by atoms with Crippen molar-refractivity contribution in [3.63, 3.8) is 0 Å². The minimum absolute atomic E-state index is 0.0124. The van der Waals surface area contributed by atoms with Gasteiger partial charge < -0.3 is 10.6 Å². The quantitative estimate of drug-likeness (QED) is 0.824. The summed E-state index contributed by atoms with van der Waals surface area (Å²) in [5, 5.41) is 0.955. The van der Waals surface area contributed by atoms with Crippen LogP contribution in [-0.4, -0.2) is 35.9 Å². The Morgan fingerprint density at radius 2 is 2.24 bits per heavy atom. The van der Waals surface area contributed by atoms with Crippen LogP contribution in [0.4, 0.5) is 5.69 Å². The van der Waals surface area contributed by atoms with Gasteiger partial charge in [0.15, 0.2) is 0 Å². The Bertz CT molecular complexity index is 656. The molecule has 1 amide bonds. The van der Waals surface area contributed by atoms with Crippen molar-refractivity contribution in [1.82, 2.24) is 4.90 Å². The number of fused-ring (bicyclic) bond motifs is 1. The third kappa shape index (κ3) is 3.55. The molecule has 0 saturated carbocycles. The lowest BCUT2D eigenvalue weighted by molar-refractivity contribution is 0.0747. The van der Waals surface area contributed by atoms with Gasteiger partial charge in [-0.15, -0.1) is 11.3 Å². The lowest BCUT2D eigenvalue weighted by Crippen LogP contribution is -2.35. The topological polar surface area (TPSA) is 46.3 Å². The lowest BCUT2D eigenvalue weighted by Gasteiger charge is -2.24. The van der Waals surface area contributed by atoms with Gasteiger partial charge in [-0.05, 0) is 37.5 Å². The second-order valence-corrected chi connectivity index (χ2v) is 7.99. The number of rotatable bonds is 5.